The fourth-order valence-corrected chi connectivity index (χ4v) is 2.91. The Hall–Kier alpha value is -3.42. The molecule has 0 radical (unpaired) electrons. The van der Waals surface area contributed by atoms with Crippen molar-refractivity contribution in [2.24, 2.45) is 12.2 Å². The molecule has 1 heterocycles. The van der Waals surface area contributed by atoms with Crippen LogP contribution in [0.1, 0.15) is 29.2 Å². The van der Waals surface area contributed by atoms with Crippen molar-refractivity contribution in [3.8, 4) is 11.4 Å². The predicted molar refractivity (Wildman–Crippen MR) is 106 cm³/mol. The second-order valence-electron chi connectivity index (χ2n) is 6.50. The summed E-state index contributed by atoms with van der Waals surface area (Å²) >= 11 is 0. The van der Waals surface area contributed by atoms with Crippen LogP contribution in [0, 0.1) is 13.8 Å². The van der Waals surface area contributed by atoms with Crippen molar-refractivity contribution in [1.82, 2.24) is 19.8 Å². The summed E-state index contributed by atoms with van der Waals surface area (Å²) in [6, 6.07) is 11.5. The molecule has 146 valence electrons. The maximum Gasteiger partial charge on any atom is 0.368 e. The van der Waals surface area contributed by atoms with E-state index in [1.54, 1.807) is 7.05 Å². The van der Waals surface area contributed by atoms with E-state index < -0.39 is 0 Å². The molecule has 3 aromatic rings. The molecule has 0 saturated carbocycles. The number of hydrogen-bond acceptors (Lipinski definition) is 6. The zero-order chi connectivity index (χ0) is 20.3. The number of nitrogens with zero attached hydrogens (tertiary/aromatic N) is 5. The molecule has 28 heavy (non-hydrogen) atoms. The first-order valence-corrected chi connectivity index (χ1v) is 8.81. The van der Waals surface area contributed by atoms with Crippen molar-refractivity contribution in [1.29, 1.82) is 0 Å². The highest BCUT2D eigenvalue weighted by Gasteiger charge is 2.14. The van der Waals surface area contributed by atoms with Crippen molar-refractivity contribution < 1.29 is 9.57 Å². The first kappa shape index (κ1) is 19.3. The van der Waals surface area contributed by atoms with Gasteiger partial charge in [0.05, 0.1) is 11.4 Å². The molecule has 0 aliphatic carbocycles. The molecule has 0 spiro atoms. The molecule has 0 bridgehead atoms. The Morgan fingerprint density at radius 2 is 1.93 bits per heavy atom. The first-order valence-electron chi connectivity index (χ1n) is 8.81. The highest BCUT2D eigenvalue weighted by atomic mass is 16.6. The topological polar surface area (TPSA) is 83.5 Å². The molecule has 0 N–H and O–H groups in total. The van der Waals surface area contributed by atoms with Gasteiger partial charge in [0.1, 0.15) is 19.5 Å². The Labute approximate surface area is 163 Å². The number of oxime groups is 1. The van der Waals surface area contributed by atoms with E-state index in [2.05, 4.69) is 15.6 Å². The standard InChI is InChI=1S/C20H23N5O3/c1-13-7-6-8-18(25-20(26)24(4)22-23-25)17(13)12-28-19-10-9-16(11-14(19)2)15(3)21-27-5/h6-11H,12H2,1-5H3/b21-15+. The normalized spacial score (nSPS) is 11.5. The van der Waals surface area contributed by atoms with Crippen molar-refractivity contribution >= 4 is 5.71 Å². The molecule has 0 fully saturated rings. The summed E-state index contributed by atoms with van der Waals surface area (Å²) in [5.74, 6) is 0.759. The van der Waals surface area contributed by atoms with E-state index in [4.69, 9.17) is 9.57 Å². The lowest BCUT2D eigenvalue weighted by atomic mass is 10.1. The largest absolute Gasteiger partial charge is 0.489 e. The molecule has 0 saturated heterocycles. The van der Waals surface area contributed by atoms with E-state index >= 15 is 0 Å². The molecule has 2 aromatic carbocycles. The van der Waals surface area contributed by atoms with E-state index in [1.807, 2.05) is 57.2 Å². The molecule has 0 aliphatic heterocycles. The summed E-state index contributed by atoms with van der Waals surface area (Å²) in [5.41, 5.74) is 4.98. The lowest BCUT2D eigenvalue weighted by Gasteiger charge is -2.14. The molecule has 1 aromatic heterocycles. The van der Waals surface area contributed by atoms with Crippen LogP contribution in [0.4, 0.5) is 0 Å². The second kappa shape index (κ2) is 8.08. The van der Waals surface area contributed by atoms with Crippen molar-refractivity contribution in [2.75, 3.05) is 7.11 Å². The highest BCUT2D eigenvalue weighted by molar-refractivity contribution is 5.98. The number of ether oxygens (including phenoxy) is 1. The van der Waals surface area contributed by atoms with Crippen LogP contribution in [0.25, 0.3) is 5.69 Å². The average Bonchev–Trinajstić information content (AvgIpc) is 3.00. The predicted octanol–water partition coefficient (Wildman–Crippen LogP) is 2.53. The maximum absolute atomic E-state index is 12.3. The van der Waals surface area contributed by atoms with Gasteiger partial charge in [-0.15, -0.1) is 0 Å². The van der Waals surface area contributed by atoms with Crippen LogP contribution in [-0.2, 0) is 18.5 Å². The van der Waals surface area contributed by atoms with Crippen molar-refractivity contribution in [3.05, 3.63) is 69.1 Å². The van der Waals surface area contributed by atoms with E-state index in [0.29, 0.717) is 12.3 Å². The zero-order valence-electron chi connectivity index (χ0n) is 16.6. The first-order chi connectivity index (χ1) is 13.4. The van der Waals surface area contributed by atoms with Gasteiger partial charge < -0.3 is 9.57 Å². The lowest BCUT2D eigenvalue weighted by molar-refractivity contribution is 0.213. The summed E-state index contributed by atoms with van der Waals surface area (Å²) in [5, 5.41) is 11.7. The Morgan fingerprint density at radius 1 is 1.14 bits per heavy atom. The third-order valence-electron chi connectivity index (χ3n) is 4.53. The van der Waals surface area contributed by atoms with Gasteiger partial charge in [-0.1, -0.05) is 17.3 Å². The van der Waals surface area contributed by atoms with Gasteiger partial charge in [0.25, 0.3) is 0 Å². The van der Waals surface area contributed by atoms with Gasteiger partial charge in [0, 0.05) is 12.6 Å². The number of hydrogen-bond donors (Lipinski definition) is 0. The van der Waals surface area contributed by atoms with Crippen LogP contribution < -0.4 is 10.4 Å². The van der Waals surface area contributed by atoms with Gasteiger partial charge in [0.15, 0.2) is 0 Å². The third kappa shape index (κ3) is 3.80. The van der Waals surface area contributed by atoms with E-state index in [1.165, 1.54) is 16.5 Å². The second-order valence-corrected chi connectivity index (χ2v) is 6.50. The lowest BCUT2D eigenvalue weighted by Crippen LogP contribution is -2.23. The minimum Gasteiger partial charge on any atom is -0.489 e. The Balaban J connectivity index is 1.89. The van der Waals surface area contributed by atoms with E-state index in [9.17, 15) is 4.79 Å². The number of tetrazole rings is 1. The molecular formula is C20H23N5O3. The van der Waals surface area contributed by atoms with Gasteiger partial charge in [-0.05, 0) is 72.2 Å². The molecule has 0 aliphatic rings. The highest BCUT2D eigenvalue weighted by Crippen LogP contribution is 2.24. The van der Waals surface area contributed by atoms with Crippen LogP contribution in [0.5, 0.6) is 5.75 Å². The van der Waals surface area contributed by atoms with E-state index in [0.717, 1.165) is 33.7 Å². The van der Waals surface area contributed by atoms with Crippen molar-refractivity contribution in [2.45, 2.75) is 27.4 Å². The van der Waals surface area contributed by atoms with Crippen molar-refractivity contribution in [3.63, 3.8) is 0 Å². The third-order valence-corrected chi connectivity index (χ3v) is 4.53. The summed E-state index contributed by atoms with van der Waals surface area (Å²) < 4.78 is 8.54. The SMILES string of the molecule is CO/N=C(\C)c1ccc(OCc2c(C)cccc2-n2nnn(C)c2=O)c(C)c1. The smallest absolute Gasteiger partial charge is 0.368 e. The molecule has 0 atom stereocenters. The van der Waals surface area contributed by atoms with Gasteiger partial charge >= 0.3 is 5.69 Å². The molecule has 8 heteroatoms. The molecule has 0 amide bonds. The fourth-order valence-electron chi connectivity index (χ4n) is 2.91. The number of aryl methyl sites for hydroxylation is 3. The van der Waals surface area contributed by atoms with Crippen LogP contribution >= 0.6 is 0 Å². The van der Waals surface area contributed by atoms with Gasteiger partial charge in [-0.2, -0.15) is 9.36 Å². The number of rotatable bonds is 6. The zero-order valence-corrected chi connectivity index (χ0v) is 16.6. The van der Waals surface area contributed by atoms with Crippen LogP contribution in [-0.4, -0.2) is 32.6 Å². The summed E-state index contributed by atoms with van der Waals surface area (Å²) in [4.78, 5) is 17.1. The summed E-state index contributed by atoms with van der Waals surface area (Å²) in [6.45, 7) is 6.14. The van der Waals surface area contributed by atoms with Crippen LogP contribution in [0.2, 0.25) is 0 Å². The fraction of sp³-hybridized carbons (Fsp3) is 0.300. The summed E-state index contributed by atoms with van der Waals surface area (Å²) in [7, 11) is 3.09. The maximum atomic E-state index is 12.3. The van der Waals surface area contributed by atoms with Gasteiger partial charge in [-0.25, -0.2) is 4.79 Å². The van der Waals surface area contributed by atoms with Gasteiger partial charge in [-0.3, -0.25) is 0 Å². The molecule has 8 nitrogen and oxygen atoms in total. The van der Waals surface area contributed by atoms with Crippen LogP contribution in [0.15, 0.2) is 46.3 Å². The molecule has 3 rings (SSSR count). The average molecular weight is 381 g/mol. The minimum absolute atomic E-state index is 0.302. The Morgan fingerprint density at radius 3 is 2.57 bits per heavy atom. The Bertz CT molecular complexity index is 1080. The van der Waals surface area contributed by atoms with E-state index in [-0.39, 0.29) is 5.69 Å². The monoisotopic (exact) mass is 381 g/mol. The number of benzene rings is 2. The minimum atomic E-state index is -0.305. The summed E-state index contributed by atoms with van der Waals surface area (Å²) in [6.07, 6.45) is 0. The van der Waals surface area contributed by atoms with Crippen LogP contribution in [0.3, 0.4) is 0 Å². The number of aromatic nitrogens is 4. The van der Waals surface area contributed by atoms with Gasteiger partial charge in [0.2, 0.25) is 0 Å². The molecular weight excluding hydrogens is 358 g/mol. The molecule has 0 unspecified atom stereocenters. The Kier molecular flexibility index (Phi) is 5.58. The quantitative estimate of drug-likeness (QED) is 0.484.